The molecule has 132 valence electrons. The molecule has 1 aromatic carbocycles. The zero-order chi connectivity index (χ0) is 17.5. The highest BCUT2D eigenvalue weighted by atomic mass is 16.5. The van der Waals surface area contributed by atoms with Gasteiger partial charge in [-0.2, -0.15) is 0 Å². The van der Waals surface area contributed by atoms with Gasteiger partial charge in [-0.25, -0.2) is 0 Å². The molecule has 1 fully saturated rings. The van der Waals surface area contributed by atoms with E-state index in [1.54, 1.807) is 7.11 Å². The van der Waals surface area contributed by atoms with Gasteiger partial charge in [-0.05, 0) is 36.5 Å². The highest BCUT2D eigenvalue weighted by Gasteiger charge is 2.30. The van der Waals surface area contributed by atoms with Crippen molar-refractivity contribution in [2.24, 2.45) is 5.92 Å². The molecule has 1 aliphatic rings. The lowest BCUT2D eigenvalue weighted by atomic mass is 9.93. The van der Waals surface area contributed by atoms with E-state index in [4.69, 9.17) is 4.74 Å². The summed E-state index contributed by atoms with van der Waals surface area (Å²) in [5.74, 6) is -0.529. The van der Waals surface area contributed by atoms with Gasteiger partial charge in [-0.1, -0.05) is 38.3 Å². The van der Waals surface area contributed by atoms with Crippen LogP contribution < -0.4 is 10.1 Å². The van der Waals surface area contributed by atoms with Crippen molar-refractivity contribution < 1.29 is 19.4 Å². The van der Waals surface area contributed by atoms with Crippen LogP contribution >= 0.6 is 0 Å². The predicted octanol–water partition coefficient (Wildman–Crippen LogP) is 3.34. The number of aliphatic carboxylic acids is 1. The highest BCUT2D eigenvalue weighted by Crippen LogP contribution is 2.26. The highest BCUT2D eigenvalue weighted by molar-refractivity contribution is 5.79. The van der Waals surface area contributed by atoms with Gasteiger partial charge in [0.05, 0.1) is 13.0 Å². The van der Waals surface area contributed by atoms with Crippen LogP contribution in [0.4, 0.5) is 0 Å². The van der Waals surface area contributed by atoms with Crippen molar-refractivity contribution in [3.63, 3.8) is 0 Å². The molecule has 0 radical (unpaired) electrons. The Morgan fingerprint density at radius 2 is 2.04 bits per heavy atom. The zero-order valence-electron chi connectivity index (χ0n) is 14.5. The smallest absolute Gasteiger partial charge is 0.308 e. The predicted molar refractivity (Wildman–Crippen MR) is 92.2 cm³/mol. The molecule has 5 nitrogen and oxygen atoms in total. The molecule has 5 heteroatoms. The van der Waals surface area contributed by atoms with E-state index >= 15 is 0 Å². The van der Waals surface area contributed by atoms with E-state index in [-0.39, 0.29) is 17.9 Å². The Labute approximate surface area is 143 Å². The van der Waals surface area contributed by atoms with Crippen molar-refractivity contribution >= 4 is 11.9 Å². The number of benzene rings is 1. The summed E-state index contributed by atoms with van der Waals surface area (Å²) >= 11 is 0. The molecule has 24 heavy (non-hydrogen) atoms. The molecule has 2 N–H and O–H groups in total. The Bertz CT molecular complexity index is 572. The van der Waals surface area contributed by atoms with E-state index < -0.39 is 11.9 Å². The van der Waals surface area contributed by atoms with E-state index in [1.807, 2.05) is 31.2 Å². The molecular weight excluding hydrogens is 306 g/mol. The monoisotopic (exact) mass is 333 g/mol. The summed E-state index contributed by atoms with van der Waals surface area (Å²) in [5.41, 5.74) is 1.04. The summed E-state index contributed by atoms with van der Waals surface area (Å²) in [4.78, 5) is 23.8. The molecule has 0 aromatic heterocycles. The van der Waals surface area contributed by atoms with Gasteiger partial charge in [0.25, 0.3) is 0 Å². The lowest BCUT2D eigenvalue weighted by Crippen LogP contribution is -2.43. The lowest BCUT2D eigenvalue weighted by molar-refractivity contribution is -0.143. The number of amides is 1. The number of nitrogens with one attached hydrogen (secondary N) is 1. The van der Waals surface area contributed by atoms with Crippen LogP contribution in [0.3, 0.4) is 0 Å². The molecule has 1 aromatic rings. The number of carbonyl (C=O) groups excluding carboxylic acids is 1. The number of carboxylic acids is 1. The topological polar surface area (TPSA) is 75.6 Å². The molecule has 1 unspecified atom stereocenters. The van der Waals surface area contributed by atoms with Crippen LogP contribution in [0.15, 0.2) is 24.3 Å². The number of methoxy groups -OCH3 is 1. The molecule has 3 atom stereocenters. The maximum atomic E-state index is 12.4. The second-order valence-electron chi connectivity index (χ2n) is 6.64. The Morgan fingerprint density at radius 1 is 1.29 bits per heavy atom. The van der Waals surface area contributed by atoms with Crippen LogP contribution in [0, 0.1) is 5.92 Å². The number of hydrogen-bond donors (Lipinski definition) is 2. The maximum absolute atomic E-state index is 12.4. The molecule has 0 spiro atoms. The van der Waals surface area contributed by atoms with Crippen molar-refractivity contribution in [2.75, 3.05) is 7.11 Å². The minimum absolute atomic E-state index is 0.0501. The van der Waals surface area contributed by atoms with Gasteiger partial charge in [-0.3, -0.25) is 9.59 Å². The third-order valence-electron chi connectivity index (χ3n) is 4.83. The summed E-state index contributed by atoms with van der Waals surface area (Å²) in [5, 5.41) is 12.4. The normalized spacial score (nSPS) is 22.2. The Kier molecular flexibility index (Phi) is 6.64. The maximum Gasteiger partial charge on any atom is 0.308 e. The molecule has 1 amide bonds. The Hall–Kier alpha value is -2.04. The number of ether oxygens (including phenoxy) is 1. The van der Waals surface area contributed by atoms with Gasteiger partial charge in [0.1, 0.15) is 5.75 Å². The molecule has 0 heterocycles. The first-order valence-electron chi connectivity index (χ1n) is 8.67. The quantitative estimate of drug-likeness (QED) is 0.783. The summed E-state index contributed by atoms with van der Waals surface area (Å²) in [7, 11) is 1.62. The molecule has 0 bridgehead atoms. The standard InChI is InChI=1S/C19H27NO4/c1-13(14-7-6-8-15(12-14)24-2)11-18(21)20-17-10-5-3-4-9-16(17)19(22)23/h6-8,12-13,16-17H,3-5,9-11H2,1-2H3,(H,20,21)(H,22,23)/t13?,16-,17+/m1/s1. The van der Waals surface area contributed by atoms with Gasteiger partial charge in [-0.15, -0.1) is 0 Å². The van der Waals surface area contributed by atoms with Gasteiger partial charge in [0, 0.05) is 12.5 Å². The summed E-state index contributed by atoms with van der Waals surface area (Å²) in [6.07, 6.45) is 4.66. The number of rotatable bonds is 6. The zero-order valence-corrected chi connectivity index (χ0v) is 14.5. The van der Waals surface area contributed by atoms with Crippen molar-refractivity contribution in [1.82, 2.24) is 5.32 Å². The first-order valence-corrected chi connectivity index (χ1v) is 8.67. The third-order valence-corrected chi connectivity index (χ3v) is 4.83. The fourth-order valence-corrected chi connectivity index (χ4v) is 3.39. The number of hydrogen-bond acceptors (Lipinski definition) is 3. The van der Waals surface area contributed by atoms with E-state index in [9.17, 15) is 14.7 Å². The van der Waals surface area contributed by atoms with Crippen molar-refractivity contribution in [3.05, 3.63) is 29.8 Å². The summed E-state index contributed by atoms with van der Waals surface area (Å²) in [6.45, 7) is 2.00. The van der Waals surface area contributed by atoms with Gasteiger partial charge in [0.15, 0.2) is 0 Å². The molecule has 2 rings (SSSR count). The summed E-state index contributed by atoms with van der Waals surface area (Å²) < 4.78 is 5.22. The number of carbonyl (C=O) groups is 2. The minimum Gasteiger partial charge on any atom is -0.497 e. The van der Waals surface area contributed by atoms with Crippen LogP contribution in [-0.2, 0) is 9.59 Å². The second-order valence-corrected chi connectivity index (χ2v) is 6.64. The van der Waals surface area contributed by atoms with E-state index in [0.29, 0.717) is 12.8 Å². The Balaban J connectivity index is 1.96. The fraction of sp³-hybridized carbons (Fsp3) is 0.579. The molecular formula is C19H27NO4. The first-order chi connectivity index (χ1) is 11.5. The largest absolute Gasteiger partial charge is 0.497 e. The minimum atomic E-state index is -0.803. The van der Waals surface area contributed by atoms with E-state index in [2.05, 4.69) is 5.32 Å². The van der Waals surface area contributed by atoms with Crippen molar-refractivity contribution in [1.29, 1.82) is 0 Å². The second kappa shape index (κ2) is 8.71. The van der Waals surface area contributed by atoms with E-state index in [1.165, 1.54) is 0 Å². The van der Waals surface area contributed by atoms with E-state index in [0.717, 1.165) is 37.0 Å². The molecule has 0 aliphatic heterocycles. The van der Waals surface area contributed by atoms with Crippen molar-refractivity contribution in [3.8, 4) is 5.75 Å². The first kappa shape index (κ1) is 18.3. The Morgan fingerprint density at radius 3 is 2.75 bits per heavy atom. The van der Waals surface area contributed by atoms with Gasteiger partial charge >= 0.3 is 5.97 Å². The van der Waals surface area contributed by atoms with Crippen molar-refractivity contribution in [2.45, 2.75) is 57.4 Å². The average molecular weight is 333 g/mol. The van der Waals surface area contributed by atoms with Crippen LogP contribution in [0.25, 0.3) is 0 Å². The third kappa shape index (κ3) is 4.98. The van der Waals surface area contributed by atoms with Gasteiger partial charge < -0.3 is 15.2 Å². The van der Waals surface area contributed by atoms with Crippen LogP contribution in [0.5, 0.6) is 5.75 Å². The molecule has 1 aliphatic carbocycles. The van der Waals surface area contributed by atoms with Crippen LogP contribution in [0.1, 0.15) is 56.9 Å². The van der Waals surface area contributed by atoms with Crippen LogP contribution in [0.2, 0.25) is 0 Å². The van der Waals surface area contributed by atoms with Gasteiger partial charge in [0.2, 0.25) is 5.91 Å². The summed E-state index contributed by atoms with van der Waals surface area (Å²) in [6, 6.07) is 7.44. The number of carboxylic acid groups (broad SMARTS) is 1. The SMILES string of the molecule is COc1cccc(C(C)CC(=O)N[C@H]2CCCCC[C@H]2C(=O)O)c1. The van der Waals surface area contributed by atoms with Crippen LogP contribution in [-0.4, -0.2) is 30.1 Å². The fourth-order valence-electron chi connectivity index (χ4n) is 3.39. The molecule has 0 saturated heterocycles. The average Bonchev–Trinajstić information content (AvgIpc) is 2.80. The lowest BCUT2D eigenvalue weighted by Gasteiger charge is -2.23. The molecule has 1 saturated carbocycles.